The van der Waals surface area contributed by atoms with Gasteiger partial charge >= 0.3 is 0 Å². The summed E-state index contributed by atoms with van der Waals surface area (Å²) in [6, 6.07) is 10.6. The van der Waals surface area contributed by atoms with Crippen LogP contribution in [0.2, 0.25) is 0 Å². The Hall–Kier alpha value is -2.08. The Morgan fingerprint density at radius 2 is 1.95 bits per heavy atom. The third-order valence-electron chi connectivity index (χ3n) is 3.21. The second kappa shape index (κ2) is 4.79. The quantitative estimate of drug-likeness (QED) is 0.914. The van der Waals surface area contributed by atoms with Gasteiger partial charge in [-0.1, -0.05) is 12.1 Å². The minimum atomic E-state index is -3.78. The first-order valence-corrected chi connectivity index (χ1v) is 7.69. The van der Waals surface area contributed by atoms with Crippen molar-refractivity contribution >= 4 is 21.4 Å². The summed E-state index contributed by atoms with van der Waals surface area (Å²) in [4.78, 5) is 0.142. The highest BCUT2D eigenvalue weighted by Crippen LogP contribution is 2.26. The number of nitrogens with one attached hydrogen (secondary N) is 2. The van der Waals surface area contributed by atoms with Gasteiger partial charge in [0.05, 0.1) is 10.6 Å². The SMILES string of the molecule is O=S(=O)(Nc1ccccc1F)c1ccc2c(c1)CCN2. The highest BCUT2D eigenvalue weighted by atomic mass is 32.2. The molecule has 0 radical (unpaired) electrons. The van der Waals surface area contributed by atoms with Gasteiger partial charge in [-0.25, -0.2) is 12.8 Å². The van der Waals surface area contributed by atoms with E-state index in [2.05, 4.69) is 10.0 Å². The van der Waals surface area contributed by atoms with Gasteiger partial charge in [0.2, 0.25) is 0 Å². The van der Waals surface area contributed by atoms with Crippen molar-refractivity contribution < 1.29 is 12.8 Å². The van der Waals surface area contributed by atoms with Crippen molar-refractivity contribution in [1.82, 2.24) is 0 Å². The summed E-state index contributed by atoms with van der Waals surface area (Å²) < 4.78 is 40.3. The predicted octanol–water partition coefficient (Wildman–Crippen LogP) is 2.59. The lowest BCUT2D eigenvalue weighted by molar-refractivity contribution is 0.598. The van der Waals surface area contributed by atoms with Crippen LogP contribution < -0.4 is 10.0 Å². The van der Waals surface area contributed by atoms with Crippen molar-refractivity contribution in [2.45, 2.75) is 11.3 Å². The van der Waals surface area contributed by atoms with E-state index in [4.69, 9.17) is 0 Å². The molecule has 0 unspecified atom stereocenters. The Labute approximate surface area is 116 Å². The van der Waals surface area contributed by atoms with E-state index >= 15 is 0 Å². The van der Waals surface area contributed by atoms with Crippen molar-refractivity contribution in [1.29, 1.82) is 0 Å². The minimum Gasteiger partial charge on any atom is -0.384 e. The van der Waals surface area contributed by atoms with Crippen LogP contribution in [0.4, 0.5) is 15.8 Å². The fourth-order valence-corrected chi connectivity index (χ4v) is 3.31. The Morgan fingerprint density at radius 1 is 1.15 bits per heavy atom. The number of hydrogen-bond donors (Lipinski definition) is 2. The van der Waals surface area contributed by atoms with Gasteiger partial charge in [0.25, 0.3) is 10.0 Å². The van der Waals surface area contributed by atoms with Crippen molar-refractivity contribution in [3.63, 3.8) is 0 Å². The molecule has 4 nitrogen and oxygen atoms in total. The summed E-state index contributed by atoms with van der Waals surface area (Å²) in [6.45, 7) is 0.805. The van der Waals surface area contributed by atoms with Gasteiger partial charge in [0.15, 0.2) is 0 Å². The number of benzene rings is 2. The molecule has 0 atom stereocenters. The van der Waals surface area contributed by atoms with E-state index in [9.17, 15) is 12.8 Å². The van der Waals surface area contributed by atoms with Gasteiger partial charge in [-0.2, -0.15) is 0 Å². The Morgan fingerprint density at radius 3 is 2.75 bits per heavy atom. The van der Waals surface area contributed by atoms with Crippen molar-refractivity contribution in [2.24, 2.45) is 0 Å². The van der Waals surface area contributed by atoms with E-state index in [1.165, 1.54) is 24.3 Å². The molecule has 0 saturated heterocycles. The molecule has 0 saturated carbocycles. The lowest BCUT2D eigenvalue weighted by Gasteiger charge is -2.10. The molecule has 20 heavy (non-hydrogen) atoms. The highest BCUT2D eigenvalue weighted by Gasteiger charge is 2.19. The minimum absolute atomic E-state index is 0.0499. The van der Waals surface area contributed by atoms with E-state index in [-0.39, 0.29) is 10.6 Å². The second-order valence-corrected chi connectivity index (χ2v) is 6.26. The number of anilines is 2. The topological polar surface area (TPSA) is 58.2 Å². The molecule has 0 amide bonds. The Kier molecular flexibility index (Phi) is 3.10. The van der Waals surface area contributed by atoms with E-state index in [1.54, 1.807) is 18.2 Å². The molecule has 2 N–H and O–H groups in total. The molecule has 0 bridgehead atoms. The zero-order valence-corrected chi connectivity index (χ0v) is 11.4. The zero-order valence-electron chi connectivity index (χ0n) is 10.6. The van der Waals surface area contributed by atoms with Gasteiger partial charge in [-0.05, 0) is 42.3 Å². The summed E-state index contributed by atoms with van der Waals surface area (Å²) in [5, 5.41) is 3.16. The smallest absolute Gasteiger partial charge is 0.261 e. The number of fused-ring (bicyclic) bond motifs is 1. The lowest BCUT2D eigenvalue weighted by Crippen LogP contribution is -2.14. The molecule has 2 aromatic carbocycles. The van der Waals surface area contributed by atoms with E-state index in [0.29, 0.717) is 0 Å². The van der Waals surface area contributed by atoms with Gasteiger partial charge in [-0.15, -0.1) is 0 Å². The molecule has 1 aliphatic heterocycles. The van der Waals surface area contributed by atoms with Gasteiger partial charge in [0.1, 0.15) is 5.82 Å². The third kappa shape index (κ3) is 2.34. The van der Waals surface area contributed by atoms with Crippen LogP contribution in [0, 0.1) is 5.82 Å². The summed E-state index contributed by atoms with van der Waals surface area (Å²) >= 11 is 0. The van der Waals surface area contributed by atoms with Crippen LogP contribution in [0.5, 0.6) is 0 Å². The lowest BCUT2D eigenvalue weighted by atomic mass is 10.2. The van der Waals surface area contributed by atoms with Crippen LogP contribution in [0.3, 0.4) is 0 Å². The van der Waals surface area contributed by atoms with Crippen LogP contribution in [-0.2, 0) is 16.4 Å². The van der Waals surface area contributed by atoms with Crippen molar-refractivity contribution in [2.75, 3.05) is 16.6 Å². The van der Waals surface area contributed by atoms with Crippen LogP contribution in [0.1, 0.15) is 5.56 Å². The number of halogens is 1. The highest BCUT2D eigenvalue weighted by molar-refractivity contribution is 7.92. The first-order chi connectivity index (χ1) is 9.56. The molecule has 0 aliphatic carbocycles. The fourth-order valence-electron chi connectivity index (χ4n) is 2.20. The summed E-state index contributed by atoms with van der Waals surface area (Å²) in [5.74, 6) is -0.598. The summed E-state index contributed by atoms with van der Waals surface area (Å²) in [6.07, 6.45) is 0.790. The fraction of sp³-hybridized carbons (Fsp3) is 0.143. The molecule has 3 rings (SSSR count). The number of para-hydroxylation sites is 1. The van der Waals surface area contributed by atoms with Crippen LogP contribution in [-0.4, -0.2) is 15.0 Å². The van der Waals surface area contributed by atoms with E-state index < -0.39 is 15.8 Å². The average molecular weight is 292 g/mol. The molecular formula is C14H13FN2O2S. The number of rotatable bonds is 3. The van der Waals surface area contributed by atoms with E-state index in [1.807, 2.05) is 0 Å². The molecule has 0 fully saturated rings. The number of hydrogen-bond acceptors (Lipinski definition) is 3. The monoisotopic (exact) mass is 292 g/mol. The summed E-state index contributed by atoms with van der Waals surface area (Å²) in [7, 11) is -3.78. The first-order valence-electron chi connectivity index (χ1n) is 6.20. The largest absolute Gasteiger partial charge is 0.384 e. The molecule has 104 valence electrons. The van der Waals surface area contributed by atoms with Crippen LogP contribution >= 0.6 is 0 Å². The van der Waals surface area contributed by atoms with Crippen LogP contribution in [0.15, 0.2) is 47.4 Å². The molecule has 2 aromatic rings. The average Bonchev–Trinajstić information content (AvgIpc) is 2.88. The standard InChI is InChI=1S/C14H13FN2O2S/c15-12-3-1-2-4-14(12)17-20(18,19)11-5-6-13-10(9-11)7-8-16-13/h1-6,9,16-17H,7-8H2. The second-order valence-electron chi connectivity index (χ2n) is 4.58. The Balaban J connectivity index is 1.94. The van der Waals surface area contributed by atoms with Gasteiger partial charge in [-0.3, -0.25) is 4.72 Å². The maximum absolute atomic E-state index is 13.5. The number of sulfonamides is 1. The molecule has 0 spiro atoms. The molecular weight excluding hydrogens is 279 g/mol. The maximum Gasteiger partial charge on any atom is 0.261 e. The van der Waals surface area contributed by atoms with E-state index in [0.717, 1.165) is 24.2 Å². The van der Waals surface area contributed by atoms with Gasteiger partial charge in [0, 0.05) is 12.2 Å². The van der Waals surface area contributed by atoms with Gasteiger partial charge < -0.3 is 5.32 Å². The Bertz CT molecular complexity index is 760. The van der Waals surface area contributed by atoms with Crippen molar-refractivity contribution in [3.8, 4) is 0 Å². The normalized spacial score (nSPS) is 13.7. The first kappa shape index (κ1) is 12.9. The van der Waals surface area contributed by atoms with Crippen LogP contribution in [0.25, 0.3) is 0 Å². The third-order valence-corrected chi connectivity index (χ3v) is 4.58. The predicted molar refractivity (Wildman–Crippen MR) is 75.8 cm³/mol. The zero-order chi connectivity index (χ0) is 14.2. The van der Waals surface area contributed by atoms with Crippen molar-refractivity contribution in [3.05, 3.63) is 53.8 Å². The molecule has 1 aliphatic rings. The molecule has 1 heterocycles. The maximum atomic E-state index is 13.5. The molecule has 0 aromatic heterocycles. The summed E-state index contributed by atoms with van der Waals surface area (Å²) in [5.41, 5.74) is 1.86. The molecule has 6 heteroatoms.